The summed E-state index contributed by atoms with van der Waals surface area (Å²) in [4.78, 5) is 12.7. The van der Waals surface area contributed by atoms with Crippen LogP contribution in [0.1, 0.15) is 48.9 Å². The van der Waals surface area contributed by atoms with E-state index in [1.807, 2.05) is 68.4 Å². The molecule has 0 aliphatic heterocycles. The van der Waals surface area contributed by atoms with Crippen molar-refractivity contribution in [3.8, 4) is 11.5 Å². The van der Waals surface area contributed by atoms with E-state index in [1.54, 1.807) is 6.08 Å². The Labute approximate surface area is 215 Å². The Hall–Kier alpha value is -2.76. The zero-order valence-corrected chi connectivity index (χ0v) is 22.2. The van der Waals surface area contributed by atoms with E-state index in [4.69, 9.17) is 21.1 Å². The summed E-state index contributed by atoms with van der Waals surface area (Å²) < 4.78 is 12.6. The molecule has 34 heavy (non-hydrogen) atoms. The molecule has 0 fully saturated rings. The van der Waals surface area contributed by atoms with Crippen molar-refractivity contribution in [3.63, 3.8) is 0 Å². The van der Waals surface area contributed by atoms with Crippen molar-refractivity contribution in [1.29, 1.82) is 0 Å². The van der Waals surface area contributed by atoms with Gasteiger partial charge in [0.2, 0.25) is 5.91 Å². The van der Waals surface area contributed by atoms with E-state index < -0.39 is 0 Å². The van der Waals surface area contributed by atoms with E-state index in [2.05, 4.69) is 35.1 Å². The number of hydrogen-bond donors (Lipinski definition) is 1. The van der Waals surface area contributed by atoms with E-state index in [-0.39, 0.29) is 5.91 Å². The second-order valence-corrected chi connectivity index (χ2v) is 9.42. The van der Waals surface area contributed by atoms with Crippen LogP contribution in [0, 0.1) is 6.92 Å². The SMILES string of the molecule is CCOc1cc(/C=C/C(=O)Nc2c(C)cccc2C(C)C)cc(Br)c1OCc1ccccc1Cl. The first-order valence-corrected chi connectivity index (χ1v) is 12.4. The summed E-state index contributed by atoms with van der Waals surface area (Å²) >= 11 is 9.84. The fraction of sp³-hybridized carbons (Fsp3) is 0.250. The Balaban J connectivity index is 1.78. The molecule has 3 aromatic rings. The lowest BCUT2D eigenvalue weighted by Gasteiger charge is -2.16. The van der Waals surface area contributed by atoms with Gasteiger partial charge in [0.25, 0.3) is 0 Å². The molecule has 0 heterocycles. The quantitative estimate of drug-likeness (QED) is 0.277. The average molecular weight is 543 g/mol. The Morgan fingerprint density at radius 3 is 2.59 bits per heavy atom. The number of halogens is 2. The molecule has 0 radical (unpaired) electrons. The highest BCUT2D eigenvalue weighted by molar-refractivity contribution is 9.10. The lowest BCUT2D eigenvalue weighted by molar-refractivity contribution is -0.111. The van der Waals surface area contributed by atoms with Gasteiger partial charge in [0.1, 0.15) is 6.61 Å². The lowest BCUT2D eigenvalue weighted by Crippen LogP contribution is -2.11. The number of hydrogen-bond acceptors (Lipinski definition) is 3. The van der Waals surface area contributed by atoms with E-state index in [1.165, 1.54) is 6.08 Å². The summed E-state index contributed by atoms with van der Waals surface area (Å²) in [5.41, 5.74) is 4.71. The number of rotatable bonds is 9. The number of para-hydroxylation sites is 1. The number of nitrogens with one attached hydrogen (secondary N) is 1. The third-order valence-electron chi connectivity index (χ3n) is 5.26. The van der Waals surface area contributed by atoms with E-state index in [9.17, 15) is 4.79 Å². The predicted molar refractivity (Wildman–Crippen MR) is 144 cm³/mol. The zero-order valence-electron chi connectivity index (χ0n) is 19.8. The maximum absolute atomic E-state index is 12.7. The van der Waals surface area contributed by atoms with Crippen LogP contribution >= 0.6 is 27.5 Å². The van der Waals surface area contributed by atoms with E-state index >= 15 is 0 Å². The van der Waals surface area contributed by atoms with Crippen molar-refractivity contribution < 1.29 is 14.3 Å². The monoisotopic (exact) mass is 541 g/mol. The van der Waals surface area contributed by atoms with Crippen LogP contribution in [0.5, 0.6) is 11.5 Å². The van der Waals surface area contributed by atoms with Crippen LogP contribution in [0.3, 0.4) is 0 Å². The van der Waals surface area contributed by atoms with Gasteiger partial charge in [-0.25, -0.2) is 0 Å². The molecular formula is C28H29BrClNO3. The lowest BCUT2D eigenvalue weighted by atomic mass is 9.98. The second kappa shape index (κ2) is 12.1. The maximum atomic E-state index is 12.7. The summed E-state index contributed by atoms with van der Waals surface area (Å²) in [7, 11) is 0. The highest BCUT2D eigenvalue weighted by Crippen LogP contribution is 2.38. The molecule has 0 aliphatic carbocycles. The zero-order chi connectivity index (χ0) is 24.7. The molecule has 0 aromatic heterocycles. The topological polar surface area (TPSA) is 47.6 Å². The largest absolute Gasteiger partial charge is 0.490 e. The summed E-state index contributed by atoms with van der Waals surface area (Å²) in [6.07, 6.45) is 3.28. The van der Waals surface area contributed by atoms with Gasteiger partial charge in [0, 0.05) is 22.3 Å². The fourth-order valence-corrected chi connectivity index (χ4v) is 4.30. The van der Waals surface area contributed by atoms with Gasteiger partial charge in [-0.3, -0.25) is 4.79 Å². The van der Waals surface area contributed by atoms with Crippen LogP contribution in [-0.4, -0.2) is 12.5 Å². The van der Waals surface area contributed by atoms with Crippen molar-refractivity contribution in [2.45, 2.75) is 40.2 Å². The first kappa shape index (κ1) is 25.9. The standard InChI is InChI=1S/C28H29BrClNO3/c1-5-33-25-16-20(15-23(29)28(25)34-17-21-10-6-7-12-24(21)30)13-14-26(32)31-27-19(4)9-8-11-22(27)18(2)3/h6-16,18H,5,17H2,1-4H3,(H,31,32)/b14-13+. The molecule has 0 aliphatic rings. The van der Waals surface area contributed by atoms with Gasteiger partial charge in [-0.15, -0.1) is 0 Å². The highest BCUT2D eigenvalue weighted by atomic mass is 79.9. The van der Waals surface area contributed by atoms with Crippen molar-refractivity contribution in [2.75, 3.05) is 11.9 Å². The summed E-state index contributed by atoms with van der Waals surface area (Å²) in [6.45, 7) is 8.93. The third-order valence-corrected chi connectivity index (χ3v) is 6.22. The van der Waals surface area contributed by atoms with Gasteiger partial charge < -0.3 is 14.8 Å². The number of benzene rings is 3. The van der Waals surface area contributed by atoms with Crippen molar-refractivity contribution in [3.05, 3.63) is 92.4 Å². The van der Waals surface area contributed by atoms with Crippen molar-refractivity contribution in [1.82, 2.24) is 0 Å². The minimum Gasteiger partial charge on any atom is -0.490 e. The van der Waals surface area contributed by atoms with Gasteiger partial charge in [0.05, 0.1) is 11.1 Å². The molecular weight excluding hydrogens is 514 g/mol. The minimum atomic E-state index is -0.190. The molecule has 0 spiro atoms. The number of carbonyl (C=O) groups excluding carboxylic acids is 1. The second-order valence-electron chi connectivity index (χ2n) is 8.16. The van der Waals surface area contributed by atoms with Gasteiger partial charge in [-0.2, -0.15) is 0 Å². The number of carbonyl (C=O) groups is 1. The Morgan fingerprint density at radius 1 is 1.12 bits per heavy atom. The molecule has 0 saturated carbocycles. The first-order valence-electron chi connectivity index (χ1n) is 11.2. The van der Waals surface area contributed by atoms with Crippen molar-refractivity contribution >= 4 is 45.2 Å². The normalized spacial score (nSPS) is 11.1. The van der Waals surface area contributed by atoms with Crippen LogP contribution in [0.2, 0.25) is 5.02 Å². The minimum absolute atomic E-state index is 0.190. The molecule has 0 saturated heterocycles. The van der Waals surface area contributed by atoms with Crippen LogP contribution in [0.15, 0.2) is 65.1 Å². The molecule has 1 amide bonds. The number of anilines is 1. The molecule has 178 valence electrons. The molecule has 1 N–H and O–H groups in total. The smallest absolute Gasteiger partial charge is 0.248 e. The highest BCUT2D eigenvalue weighted by Gasteiger charge is 2.14. The van der Waals surface area contributed by atoms with Crippen LogP contribution < -0.4 is 14.8 Å². The third kappa shape index (κ3) is 6.64. The van der Waals surface area contributed by atoms with E-state index in [0.717, 1.165) is 32.4 Å². The summed E-state index contributed by atoms with van der Waals surface area (Å²) in [5.74, 6) is 1.29. The maximum Gasteiger partial charge on any atom is 0.248 e. The molecule has 3 aromatic carbocycles. The molecule has 6 heteroatoms. The molecule has 0 atom stereocenters. The summed E-state index contributed by atoms with van der Waals surface area (Å²) in [5, 5.41) is 3.68. The van der Waals surface area contributed by atoms with Gasteiger partial charge >= 0.3 is 0 Å². The Morgan fingerprint density at radius 2 is 1.88 bits per heavy atom. The van der Waals surface area contributed by atoms with E-state index in [0.29, 0.717) is 35.7 Å². The van der Waals surface area contributed by atoms with Gasteiger partial charge in [-0.05, 0) is 76.7 Å². The number of amides is 1. The number of ether oxygens (including phenoxy) is 2. The molecule has 3 rings (SSSR count). The Kier molecular flexibility index (Phi) is 9.20. The molecule has 0 bridgehead atoms. The van der Waals surface area contributed by atoms with Gasteiger partial charge in [0.15, 0.2) is 11.5 Å². The average Bonchev–Trinajstić information content (AvgIpc) is 2.79. The van der Waals surface area contributed by atoms with Crippen LogP contribution in [-0.2, 0) is 11.4 Å². The Bertz CT molecular complexity index is 1190. The van der Waals surface area contributed by atoms with Gasteiger partial charge in [-0.1, -0.05) is 61.8 Å². The predicted octanol–water partition coefficient (Wildman–Crippen LogP) is 8.16. The fourth-order valence-electron chi connectivity index (χ4n) is 3.53. The number of aryl methyl sites for hydroxylation is 1. The van der Waals surface area contributed by atoms with Crippen molar-refractivity contribution in [2.24, 2.45) is 0 Å². The first-order chi connectivity index (χ1) is 16.3. The molecule has 4 nitrogen and oxygen atoms in total. The molecule has 0 unspecified atom stereocenters. The van der Waals surface area contributed by atoms with Crippen LogP contribution in [0.4, 0.5) is 5.69 Å². The van der Waals surface area contributed by atoms with Crippen LogP contribution in [0.25, 0.3) is 6.08 Å². The summed E-state index contributed by atoms with van der Waals surface area (Å²) in [6, 6.07) is 17.4.